The number of hydrogen-bond acceptors (Lipinski definition) is 5. The van der Waals surface area contributed by atoms with Crippen LogP contribution >= 0.6 is 11.6 Å². The Bertz CT molecular complexity index is 643. The predicted octanol–water partition coefficient (Wildman–Crippen LogP) is 2.11. The fraction of sp³-hybridized carbons (Fsp3) is 0.200. The Morgan fingerprint density at radius 2 is 2.05 bits per heavy atom. The van der Waals surface area contributed by atoms with E-state index in [0.717, 1.165) is 5.56 Å². The minimum atomic E-state index is -1.02. The molecule has 1 aromatic heterocycles. The van der Waals surface area contributed by atoms with Gasteiger partial charge in [-0.15, -0.1) is 0 Å². The summed E-state index contributed by atoms with van der Waals surface area (Å²) in [6.07, 6.45) is 0.337. The summed E-state index contributed by atoms with van der Waals surface area (Å²) in [7, 11) is 0. The van der Waals surface area contributed by atoms with E-state index < -0.39 is 18.8 Å². The third-order valence-corrected chi connectivity index (χ3v) is 3.24. The second-order valence-corrected chi connectivity index (χ2v) is 4.83. The highest BCUT2D eigenvalue weighted by molar-refractivity contribution is 6.29. The molecule has 0 fully saturated rings. The van der Waals surface area contributed by atoms with Gasteiger partial charge in [0, 0.05) is 6.20 Å². The van der Waals surface area contributed by atoms with E-state index in [2.05, 4.69) is 10.3 Å². The number of anilines is 1. The zero-order chi connectivity index (χ0) is 15.2. The van der Waals surface area contributed by atoms with Crippen LogP contribution in [0.1, 0.15) is 17.2 Å². The van der Waals surface area contributed by atoms with E-state index in [4.69, 9.17) is 16.9 Å². The summed E-state index contributed by atoms with van der Waals surface area (Å²) in [5.41, 5.74) is 1.56. The van der Waals surface area contributed by atoms with Gasteiger partial charge in [0.1, 0.15) is 17.3 Å². The summed E-state index contributed by atoms with van der Waals surface area (Å²) < 4.78 is 0. The zero-order valence-electron chi connectivity index (χ0n) is 11.1. The van der Waals surface area contributed by atoms with Crippen molar-refractivity contribution in [3.63, 3.8) is 0 Å². The van der Waals surface area contributed by atoms with Crippen LogP contribution in [0.4, 0.5) is 5.69 Å². The molecule has 0 aliphatic carbocycles. The average Bonchev–Trinajstić information content (AvgIpc) is 2.53. The van der Waals surface area contributed by atoms with E-state index >= 15 is 0 Å². The van der Waals surface area contributed by atoms with Gasteiger partial charge in [0.15, 0.2) is 0 Å². The molecule has 1 unspecified atom stereocenters. The van der Waals surface area contributed by atoms with Gasteiger partial charge < -0.3 is 15.5 Å². The van der Waals surface area contributed by atoms with Crippen molar-refractivity contribution in [1.29, 1.82) is 5.26 Å². The number of aromatic nitrogens is 1. The SMILES string of the molecule is N#Cc1cnc(Cl)cc1NC(c1ccccc1)[C@H](O)CO. The molecule has 1 aromatic carbocycles. The number of nitrogens with one attached hydrogen (secondary N) is 1. The summed E-state index contributed by atoms with van der Waals surface area (Å²) in [4.78, 5) is 3.85. The molecule has 5 nitrogen and oxygen atoms in total. The van der Waals surface area contributed by atoms with Gasteiger partial charge in [0.25, 0.3) is 0 Å². The maximum Gasteiger partial charge on any atom is 0.131 e. The van der Waals surface area contributed by atoms with Crippen LogP contribution in [-0.4, -0.2) is 27.9 Å². The van der Waals surface area contributed by atoms with Crippen molar-refractivity contribution in [2.24, 2.45) is 0 Å². The van der Waals surface area contributed by atoms with E-state index in [9.17, 15) is 10.2 Å². The Kier molecular flexibility index (Phi) is 5.12. The molecule has 0 aliphatic heterocycles. The Morgan fingerprint density at radius 3 is 2.67 bits per heavy atom. The van der Waals surface area contributed by atoms with Crippen LogP contribution in [0.3, 0.4) is 0 Å². The van der Waals surface area contributed by atoms with Crippen molar-refractivity contribution in [2.75, 3.05) is 11.9 Å². The molecular formula is C15H14ClN3O2. The monoisotopic (exact) mass is 303 g/mol. The maximum atomic E-state index is 10.0. The van der Waals surface area contributed by atoms with Crippen LogP contribution in [0.15, 0.2) is 42.6 Å². The van der Waals surface area contributed by atoms with Crippen molar-refractivity contribution in [1.82, 2.24) is 4.98 Å². The first kappa shape index (κ1) is 15.3. The highest BCUT2D eigenvalue weighted by Crippen LogP contribution is 2.26. The molecular weight excluding hydrogens is 290 g/mol. The topological polar surface area (TPSA) is 89.2 Å². The summed E-state index contributed by atoms with van der Waals surface area (Å²) in [5, 5.41) is 31.6. The third kappa shape index (κ3) is 3.70. The van der Waals surface area contributed by atoms with E-state index in [1.807, 2.05) is 36.4 Å². The van der Waals surface area contributed by atoms with Crippen LogP contribution in [0.5, 0.6) is 0 Å². The van der Waals surface area contributed by atoms with Gasteiger partial charge in [-0.2, -0.15) is 5.26 Å². The van der Waals surface area contributed by atoms with E-state index in [0.29, 0.717) is 11.3 Å². The van der Waals surface area contributed by atoms with Crippen molar-refractivity contribution in [2.45, 2.75) is 12.1 Å². The molecule has 2 atom stereocenters. The van der Waals surface area contributed by atoms with Crippen molar-refractivity contribution in [3.05, 3.63) is 58.9 Å². The van der Waals surface area contributed by atoms with E-state index in [1.165, 1.54) is 12.3 Å². The van der Waals surface area contributed by atoms with Crippen molar-refractivity contribution >= 4 is 17.3 Å². The van der Waals surface area contributed by atoms with Gasteiger partial charge in [-0.3, -0.25) is 0 Å². The molecule has 2 rings (SSSR count). The molecule has 2 aromatic rings. The second kappa shape index (κ2) is 7.04. The summed E-state index contributed by atoms with van der Waals surface area (Å²) >= 11 is 5.84. The lowest BCUT2D eigenvalue weighted by atomic mass is 10.0. The molecule has 0 bridgehead atoms. The number of halogens is 1. The van der Waals surface area contributed by atoms with Gasteiger partial charge in [0.2, 0.25) is 0 Å². The number of pyridine rings is 1. The molecule has 21 heavy (non-hydrogen) atoms. The van der Waals surface area contributed by atoms with Gasteiger partial charge >= 0.3 is 0 Å². The van der Waals surface area contributed by atoms with Gasteiger partial charge in [-0.1, -0.05) is 41.9 Å². The average molecular weight is 304 g/mol. The van der Waals surface area contributed by atoms with Gasteiger partial charge in [0.05, 0.1) is 23.9 Å². The van der Waals surface area contributed by atoms with Crippen molar-refractivity contribution in [3.8, 4) is 6.07 Å². The first-order chi connectivity index (χ1) is 10.2. The van der Waals surface area contributed by atoms with E-state index in [1.54, 1.807) is 0 Å². The number of aliphatic hydroxyl groups is 2. The lowest BCUT2D eigenvalue weighted by Gasteiger charge is -2.24. The van der Waals surface area contributed by atoms with Crippen LogP contribution in [0, 0.1) is 11.3 Å². The fourth-order valence-corrected chi connectivity index (χ4v) is 2.13. The van der Waals surface area contributed by atoms with Gasteiger partial charge in [-0.05, 0) is 11.6 Å². The molecule has 0 radical (unpaired) electrons. The van der Waals surface area contributed by atoms with Crippen LogP contribution in [0.2, 0.25) is 5.15 Å². The normalized spacial score (nSPS) is 13.2. The van der Waals surface area contributed by atoms with Crippen LogP contribution in [-0.2, 0) is 0 Å². The molecule has 0 saturated heterocycles. The predicted molar refractivity (Wildman–Crippen MR) is 79.9 cm³/mol. The number of nitrogens with zero attached hydrogens (tertiary/aromatic N) is 2. The quantitative estimate of drug-likeness (QED) is 0.736. The lowest BCUT2D eigenvalue weighted by Crippen LogP contribution is -2.28. The van der Waals surface area contributed by atoms with Crippen molar-refractivity contribution < 1.29 is 10.2 Å². The maximum absolute atomic E-state index is 10.0. The summed E-state index contributed by atoms with van der Waals surface area (Å²) in [5.74, 6) is 0. The zero-order valence-corrected chi connectivity index (χ0v) is 11.8. The standard InChI is InChI=1S/C15H14ClN3O2/c16-14-6-12(11(7-17)8-18-14)19-15(13(21)9-20)10-4-2-1-3-5-10/h1-6,8,13,15,20-21H,9H2,(H,18,19)/t13-,15?/m1/s1. The summed E-state index contributed by atoms with van der Waals surface area (Å²) in [6.45, 7) is -0.409. The highest BCUT2D eigenvalue weighted by atomic mass is 35.5. The molecule has 0 aliphatic rings. The molecule has 6 heteroatoms. The summed E-state index contributed by atoms with van der Waals surface area (Å²) in [6, 6.07) is 12.1. The Labute approximate surface area is 127 Å². The van der Waals surface area contributed by atoms with Gasteiger partial charge in [-0.25, -0.2) is 4.98 Å². The first-order valence-electron chi connectivity index (χ1n) is 6.31. The number of benzene rings is 1. The minimum Gasteiger partial charge on any atom is -0.394 e. The van der Waals surface area contributed by atoms with Crippen LogP contribution < -0.4 is 5.32 Å². The first-order valence-corrected chi connectivity index (χ1v) is 6.69. The molecule has 1 heterocycles. The minimum absolute atomic E-state index is 0.238. The highest BCUT2D eigenvalue weighted by Gasteiger charge is 2.21. The second-order valence-electron chi connectivity index (χ2n) is 4.45. The number of aliphatic hydroxyl groups excluding tert-OH is 2. The third-order valence-electron chi connectivity index (χ3n) is 3.03. The smallest absolute Gasteiger partial charge is 0.131 e. The molecule has 0 amide bonds. The Morgan fingerprint density at radius 1 is 1.33 bits per heavy atom. The number of rotatable bonds is 5. The molecule has 3 N–H and O–H groups in total. The Balaban J connectivity index is 2.36. The van der Waals surface area contributed by atoms with Crippen LogP contribution in [0.25, 0.3) is 0 Å². The largest absolute Gasteiger partial charge is 0.394 e. The molecule has 0 saturated carbocycles. The fourth-order valence-electron chi connectivity index (χ4n) is 1.97. The molecule has 0 spiro atoms. The lowest BCUT2D eigenvalue weighted by molar-refractivity contribution is 0.0794. The number of nitriles is 1. The Hall–Kier alpha value is -2.13. The number of hydrogen-bond donors (Lipinski definition) is 3. The molecule has 108 valence electrons. The van der Waals surface area contributed by atoms with E-state index in [-0.39, 0.29) is 5.15 Å².